The maximum absolute atomic E-state index is 5.99. The molecule has 3 nitrogen and oxygen atoms in total. The SMILES string of the molecule is CSc1ccccc1-c1nc2cc(Cl)c(N)cc2o1. The van der Waals surface area contributed by atoms with Crippen molar-refractivity contribution in [3.63, 3.8) is 0 Å². The molecule has 19 heavy (non-hydrogen) atoms. The van der Waals surface area contributed by atoms with E-state index in [1.54, 1.807) is 23.9 Å². The van der Waals surface area contributed by atoms with Gasteiger partial charge in [0.25, 0.3) is 0 Å². The van der Waals surface area contributed by atoms with E-state index in [1.165, 1.54) is 0 Å². The van der Waals surface area contributed by atoms with Gasteiger partial charge in [-0.05, 0) is 24.5 Å². The molecule has 2 aromatic carbocycles. The van der Waals surface area contributed by atoms with Gasteiger partial charge in [-0.25, -0.2) is 4.98 Å². The summed E-state index contributed by atoms with van der Waals surface area (Å²) in [7, 11) is 0. The number of hydrogen-bond acceptors (Lipinski definition) is 4. The third-order valence-electron chi connectivity index (χ3n) is 2.84. The van der Waals surface area contributed by atoms with Crippen LogP contribution in [0, 0.1) is 0 Å². The van der Waals surface area contributed by atoms with Crippen molar-refractivity contribution >= 4 is 40.1 Å². The zero-order valence-electron chi connectivity index (χ0n) is 10.2. The van der Waals surface area contributed by atoms with Gasteiger partial charge in [0.2, 0.25) is 5.89 Å². The Morgan fingerprint density at radius 2 is 2.05 bits per heavy atom. The van der Waals surface area contributed by atoms with Crippen molar-refractivity contribution in [2.24, 2.45) is 0 Å². The van der Waals surface area contributed by atoms with Crippen molar-refractivity contribution in [1.29, 1.82) is 0 Å². The topological polar surface area (TPSA) is 52.0 Å². The van der Waals surface area contributed by atoms with Gasteiger partial charge in [0, 0.05) is 11.0 Å². The summed E-state index contributed by atoms with van der Waals surface area (Å²) in [5.74, 6) is 0.585. The molecule has 0 bridgehead atoms. The number of halogens is 1. The third-order valence-corrected chi connectivity index (χ3v) is 3.97. The predicted molar refractivity (Wildman–Crippen MR) is 80.6 cm³/mol. The van der Waals surface area contributed by atoms with Crippen molar-refractivity contribution in [2.75, 3.05) is 12.0 Å². The van der Waals surface area contributed by atoms with Crippen LogP contribution < -0.4 is 5.73 Å². The lowest BCUT2D eigenvalue weighted by molar-refractivity contribution is 0.618. The summed E-state index contributed by atoms with van der Waals surface area (Å²) in [4.78, 5) is 5.59. The summed E-state index contributed by atoms with van der Waals surface area (Å²) in [5, 5.41) is 0.491. The molecule has 5 heteroatoms. The maximum Gasteiger partial charge on any atom is 0.228 e. The van der Waals surface area contributed by atoms with E-state index >= 15 is 0 Å². The van der Waals surface area contributed by atoms with E-state index in [9.17, 15) is 0 Å². The van der Waals surface area contributed by atoms with Gasteiger partial charge >= 0.3 is 0 Å². The highest BCUT2D eigenvalue weighted by Crippen LogP contribution is 2.33. The van der Waals surface area contributed by atoms with Crippen LogP contribution in [0.1, 0.15) is 0 Å². The fourth-order valence-electron chi connectivity index (χ4n) is 1.90. The van der Waals surface area contributed by atoms with Gasteiger partial charge in [0.05, 0.1) is 16.3 Å². The molecular weight excluding hydrogens is 280 g/mol. The van der Waals surface area contributed by atoms with Gasteiger partial charge in [-0.1, -0.05) is 23.7 Å². The van der Waals surface area contributed by atoms with Crippen LogP contribution >= 0.6 is 23.4 Å². The van der Waals surface area contributed by atoms with Crippen molar-refractivity contribution in [2.45, 2.75) is 4.90 Å². The summed E-state index contributed by atoms with van der Waals surface area (Å²) in [6, 6.07) is 11.4. The smallest absolute Gasteiger partial charge is 0.228 e. The largest absolute Gasteiger partial charge is 0.436 e. The molecule has 0 aliphatic carbocycles. The lowest BCUT2D eigenvalue weighted by Crippen LogP contribution is -1.84. The molecule has 1 aromatic heterocycles. The first-order valence-corrected chi connectivity index (χ1v) is 7.28. The molecule has 3 rings (SSSR count). The molecule has 1 heterocycles. The number of nitrogen functional groups attached to an aromatic ring is 1. The number of anilines is 1. The van der Waals surface area contributed by atoms with Gasteiger partial charge in [-0.3, -0.25) is 0 Å². The number of benzene rings is 2. The van der Waals surface area contributed by atoms with Crippen molar-refractivity contribution in [1.82, 2.24) is 4.98 Å². The summed E-state index contributed by atoms with van der Waals surface area (Å²) in [6.45, 7) is 0. The second-order valence-electron chi connectivity index (χ2n) is 4.06. The molecule has 0 atom stereocenters. The Morgan fingerprint density at radius 1 is 1.26 bits per heavy atom. The Bertz CT molecular complexity index is 715. The van der Waals surface area contributed by atoms with E-state index in [0.29, 0.717) is 27.7 Å². The second kappa shape index (κ2) is 4.79. The lowest BCUT2D eigenvalue weighted by atomic mass is 10.2. The number of fused-ring (bicyclic) bond motifs is 1. The molecule has 0 saturated heterocycles. The fourth-order valence-corrected chi connectivity index (χ4v) is 2.65. The summed E-state index contributed by atoms with van der Waals surface area (Å²) >= 11 is 7.65. The average molecular weight is 291 g/mol. The minimum absolute atomic E-state index is 0.491. The number of nitrogens with two attached hydrogens (primary N) is 1. The highest BCUT2D eigenvalue weighted by Gasteiger charge is 2.12. The van der Waals surface area contributed by atoms with Crippen LogP contribution in [-0.2, 0) is 0 Å². The molecule has 0 radical (unpaired) electrons. The quantitative estimate of drug-likeness (QED) is 0.559. The molecule has 0 amide bonds. The van der Waals surface area contributed by atoms with E-state index < -0.39 is 0 Å². The van der Waals surface area contributed by atoms with E-state index in [4.69, 9.17) is 21.8 Å². The first kappa shape index (κ1) is 12.4. The molecule has 0 spiro atoms. The summed E-state index contributed by atoms with van der Waals surface area (Å²) in [6.07, 6.45) is 2.02. The van der Waals surface area contributed by atoms with Crippen LogP contribution in [0.25, 0.3) is 22.6 Å². The Labute approximate surface area is 119 Å². The monoisotopic (exact) mass is 290 g/mol. The lowest BCUT2D eigenvalue weighted by Gasteiger charge is -2.01. The van der Waals surface area contributed by atoms with Gasteiger partial charge in [0.15, 0.2) is 5.58 Å². The molecular formula is C14H11ClN2OS. The summed E-state index contributed by atoms with van der Waals surface area (Å²) < 4.78 is 5.77. The second-order valence-corrected chi connectivity index (χ2v) is 5.32. The van der Waals surface area contributed by atoms with Gasteiger partial charge in [-0.15, -0.1) is 11.8 Å². The Kier molecular flexibility index (Phi) is 3.12. The van der Waals surface area contributed by atoms with Crippen LogP contribution in [0.3, 0.4) is 0 Å². The third kappa shape index (κ3) is 2.17. The Hall–Kier alpha value is -1.65. The fraction of sp³-hybridized carbons (Fsp3) is 0.0714. The average Bonchev–Trinajstić information content (AvgIpc) is 2.82. The minimum atomic E-state index is 0.491. The predicted octanol–water partition coefficient (Wildman–Crippen LogP) is 4.45. The van der Waals surface area contributed by atoms with Gasteiger partial charge < -0.3 is 10.2 Å². The van der Waals surface area contributed by atoms with E-state index in [0.717, 1.165) is 10.5 Å². The van der Waals surface area contributed by atoms with Crippen molar-refractivity contribution < 1.29 is 4.42 Å². The molecule has 96 valence electrons. The molecule has 3 aromatic rings. The number of nitrogens with zero attached hydrogens (tertiary/aromatic N) is 1. The van der Waals surface area contributed by atoms with Gasteiger partial charge in [-0.2, -0.15) is 0 Å². The van der Waals surface area contributed by atoms with Gasteiger partial charge in [0.1, 0.15) is 5.52 Å². The van der Waals surface area contributed by atoms with Crippen LogP contribution in [0.5, 0.6) is 0 Å². The van der Waals surface area contributed by atoms with Crippen molar-refractivity contribution in [3.05, 3.63) is 41.4 Å². The van der Waals surface area contributed by atoms with Crippen LogP contribution in [-0.4, -0.2) is 11.2 Å². The number of rotatable bonds is 2. The van der Waals surface area contributed by atoms with Crippen LogP contribution in [0.2, 0.25) is 5.02 Å². The molecule has 0 fully saturated rings. The summed E-state index contributed by atoms with van der Waals surface area (Å²) in [5.41, 5.74) is 8.59. The van der Waals surface area contributed by atoms with Crippen molar-refractivity contribution in [3.8, 4) is 11.5 Å². The molecule has 0 unspecified atom stereocenters. The van der Waals surface area contributed by atoms with Crippen LogP contribution in [0.4, 0.5) is 5.69 Å². The normalized spacial score (nSPS) is 11.1. The highest BCUT2D eigenvalue weighted by atomic mass is 35.5. The first-order valence-electron chi connectivity index (χ1n) is 5.68. The Morgan fingerprint density at radius 3 is 2.84 bits per heavy atom. The maximum atomic E-state index is 5.99. The number of aromatic nitrogens is 1. The van der Waals surface area contributed by atoms with E-state index in [-0.39, 0.29) is 0 Å². The first-order chi connectivity index (χ1) is 9.19. The zero-order chi connectivity index (χ0) is 13.4. The number of hydrogen-bond donors (Lipinski definition) is 1. The highest BCUT2D eigenvalue weighted by molar-refractivity contribution is 7.98. The zero-order valence-corrected chi connectivity index (χ0v) is 11.8. The van der Waals surface area contributed by atoms with Crippen LogP contribution in [0.15, 0.2) is 45.7 Å². The molecule has 0 saturated carbocycles. The number of thioether (sulfide) groups is 1. The van der Waals surface area contributed by atoms with E-state index in [2.05, 4.69) is 4.98 Å². The Balaban J connectivity index is 2.20. The standard InChI is InChI=1S/C14H11ClN2OS/c1-19-13-5-3-2-4-8(13)14-17-11-6-9(15)10(16)7-12(11)18-14/h2-7H,16H2,1H3. The molecule has 0 aliphatic heterocycles. The molecule has 0 aliphatic rings. The van der Waals surface area contributed by atoms with E-state index in [1.807, 2.05) is 30.5 Å². The number of oxazole rings is 1. The molecule has 2 N–H and O–H groups in total. The minimum Gasteiger partial charge on any atom is -0.436 e.